The lowest BCUT2D eigenvalue weighted by Gasteiger charge is -2.14. The van der Waals surface area contributed by atoms with Crippen LogP contribution in [0, 0.1) is 0 Å². The molecule has 5 heteroatoms. The van der Waals surface area contributed by atoms with Gasteiger partial charge in [-0.05, 0) is 63.4 Å². The van der Waals surface area contributed by atoms with Crippen LogP contribution in [0.1, 0.15) is 0 Å². The summed E-state index contributed by atoms with van der Waals surface area (Å²) in [7, 11) is 0. The Bertz CT molecular complexity index is 3180. The Kier molecular flexibility index (Phi) is 6.79. The number of para-hydroxylation sites is 3. The first-order chi connectivity index (χ1) is 26.8. The van der Waals surface area contributed by atoms with Gasteiger partial charge in [0.1, 0.15) is 11.2 Å². The normalized spacial score (nSPS) is 11.7. The van der Waals surface area contributed by atoms with Gasteiger partial charge >= 0.3 is 0 Å². The van der Waals surface area contributed by atoms with E-state index in [1.807, 2.05) is 24.3 Å². The summed E-state index contributed by atoms with van der Waals surface area (Å²) in [5.74, 6) is 1.80. The highest BCUT2D eigenvalue weighted by atomic mass is 16.3. The zero-order chi connectivity index (χ0) is 35.6. The maximum absolute atomic E-state index is 6.23. The zero-order valence-corrected chi connectivity index (χ0v) is 29.0. The lowest BCUT2D eigenvalue weighted by Crippen LogP contribution is -2.07. The summed E-state index contributed by atoms with van der Waals surface area (Å²) < 4.78 is 8.40. The fourth-order valence-corrected chi connectivity index (χ4v) is 8.05. The first-order valence-electron chi connectivity index (χ1n) is 18.1. The molecule has 5 nitrogen and oxygen atoms in total. The van der Waals surface area contributed by atoms with Crippen molar-refractivity contribution in [1.82, 2.24) is 19.5 Å². The largest absolute Gasteiger partial charge is 0.456 e. The summed E-state index contributed by atoms with van der Waals surface area (Å²) in [5, 5.41) is 6.70. The number of furan rings is 1. The van der Waals surface area contributed by atoms with E-state index in [1.165, 1.54) is 0 Å². The van der Waals surface area contributed by atoms with Crippen LogP contribution in [0.2, 0.25) is 0 Å². The molecule has 0 aliphatic rings. The third-order valence-corrected chi connectivity index (χ3v) is 10.5. The van der Waals surface area contributed by atoms with Crippen LogP contribution in [0.3, 0.4) is 0 Å². The Morgan fingerprint density at radius 3 is 1.76 bits per heavy atom. The summed E-state index contributed by atoms with van der Waals surface area (Å²) >= 11 is 0. The SMILES string of the molecule is c1ccc(-c2ccccc2-c2nc(-c3cccc4cc(-c5cccc6oc7ccccc7c56)ccc34)nc(-n3c4ccccc4c4ccccc43)n2)cc1. The summed E-state index contributed by atoms with van der Waals surface area (Å²) in [6, 6.07) is 63.2. The van der Waals surface area contributed by atoms with Crippen LogP contribution < -0.4 is 0 Å². The smallest absolute Gasteiger partial charge is 0.238 e. The molecule has 0 N–H and O–H groups in total. The molecule has 0 radical (unpaired) electrons. The van der Waals surface area contributed by atoms with Crippen molar-refractivity contribution >= 4 is 54.5 Å². The van der Waals surface area contributed by atoms with Crippen LogP contribution in [0.4, 0.5) is 0 Å². The molecule has 0 saturated carbocycles. The minimum Gasteiger partial charge on any atom is -0.456 e. The molecule has 0 amide bonds. The quantitative estimate of drug-likeness (QED) is 0.180. The highest BCUT2D eigenvalue weighted by Crippen LogP contribution is 2.40. The van der Waals surface area contributed by atoms with Gasteiger partial charge in [0.15, 0.2) is 11.6 Å². The molecule has 252 valence electrons. The van der Waals surface area contributed by atoms with Crippen molar-refractivity contribution in [3.8, 4) is 51.0 Å². The molecular formula is C49H30N4O. The van der Waals surface area contributed by atoms with E-state index in [2.05, 4.69) is 162 Å². The number of hydrogen-bond donors (Lipinski definition) is 0. The molecule has 0 atom stereocenters. The van der Waals surface area contributed by atoms with Gasteiger partial charge in [0, 0.05) is 32.7 Å². The van der Waals surface area contributed by atoms with E-state index in [-0.39, 0.29) is 0 Å². The average Bonchev–Trinajstić information content (AvgIpc) is 3.79. The van der Waals surface area contributed by atoms with Gasteiger partial charge < -0.3 is 4.42 Å². The number of fused-ring (bicyclic) bond motifs is 7. The molecule has 0 spiro atoms. The van der Waals surface area contributed by atoms with E-state index in [4.69, 9.17) is 19.4 Å². The summed E-state index contributed by atoms with van der Waals surface area (Å²) in [6.07, 6.45) is 0. The third-order valence-electron chi connectivity index (χ3n) is 10.5. The number of rotatable bonds is 5. The lowest BCUT2D eigenvalue weighted by molar-refractivity contribution is 0.669. The molecule has 8 aromatic carbocycles. The number of aromatic nitrogens is 4. The highest BCUT2D eigenvalue weighted by molar-refractivity contribution is 6.13. The van der Waals surface area contributed by atoms with Crippen molar-refractivity contribution in [2.24, 2.45) is 0 Å². The third kappa shape index (κ3) is 4.76. The van der Waals surface area contributed by atoms with Crippen molar-refractivity contribution in [3.63, 3.8) is 0 Å². The molecule has 0 aliphatic heterocycles. The maximum atomic E-state index is 6.23. The van der Waals surface area contributed by atoms with E-state index >= 15 is 0 Å². The Balaban J connectivity index is 1.15. The molecule has 0 aliphatic carbocycles. The van der Waals surface area contributed by atoms with Crippen LogP contribution in [0.25, 0.3) is 105 Å². The Labute approximate surface area is 310 Å². The van der Waals surface area contributed by atoms with Gasteiger partial charge in [-0.2, -0.15) is 9.97 Å². The predicted molar refractivity (Wildman–Crippen MR) is 221 cm³/mol. The molecule has 54 heavy (non-hydrogen) atoms. The minimum absolute atomic E-state index is 0.572. The fourth-order valence-electron chi connectivity index (χ4n) is 8.05. The van der Waals surface area contributed by atoms with Crippen molar-refractivity contribution in [2.45, 2.75) is 0 Å². The minimum atomic E-state index is 0.572. The van der Waals surface area contributed by atoms with Crippen LogP contribution in [-0.2, 0) is 0 Å². The van der Waals surface area contributed by atoms with Crippen LogP contribution in [0.5, 0.6) is 0 Å². The summed E-state index contributed by atoms with van der Waals surface area (Å²) in [6.45, 7) is 0. The van der Waals surface area contributed by atoms with Crippen LogP contribution >= 0.6 is 0 Å². The second-order valence-electron chi connectivity index (χ2n) is 13.6. The van der Waals surface area contributed by atoms with Crippen molar-refractivity contribution < 1.29 is 4.42 Å². The van der Waals surface area contributed by atoms with Crippen LogP contribution in [-0.4, -0.2) is 19.5 Å². The standard InChI is InChI=1S/C49H30N4O/c1-2-14-31(15-3-1)34-17-4-5-20-39(34)47-50-48(52-49(51-47)53-42-24-9-6-18-37(42)38-19-7-10-25-43(38)53)40-23-12-16-32-30-33(28-29-35(32)40)36-22-13-27-45-46(36)41-21-8-11-26-44(41)54-45/h1-30H. The molecule has 0 bridgehead atoms. The zero-order valence-electron chi connectivity index (χ0n) is 29.0. The first kappa shape index (κ1) is 30.3. The Morgan fingerprint density at radius 2 is 0.963 bits per heavy atom. The van der Waals surface area contributed by atoms with E-state index in [9.17, 15) is 0 Å². The Morgan fingerprint density at radius 1 is 0.370 bits per heavy atom. The monoisotopic (exact) mass is 690 g/mol. The van der Waals surface area contributed by atoms with E-state index in [0.29, 0.717) is 17.6 Å². The topological polar surface area (TPSA) is 56.7 Å². The average molecular weight is 691 g/mol. The summed E-state index contributed by atoms with van der Waals surface area (Å²) in [5.41, 5.74) is 10.2. The van der Waals surface area contributed by atoms with Gasteiger partial charge in [-0.1, -0.05) is 152 Å². The van der Waals surface area contributed by atoms with E-state index in [1.54, 1.807) is 0 Å². The van der Waals surface area contributed by atoms with Gasteiger partial charge in [-0.3, -0.25) is 4.57 Å². The second kappa shape index (κ2) is 12.1. The van der Waals surface area contributed by atoms with Crippen molar-refractivity contribution in [3.05, 3.63) is 182 Å². The molecular weight excluding hydrogens is 661 g/mol. The maximum Gasteiger partial charge on any atom is 0.238 e. The highest BCUT2D eigenvalue weighted by Gasteiger charge is 2.20. The van der Waals surface area contributed by atoms with Gasteiger partial charge in [0.25, 0.3) is 0 Å². The number of hydrogen-bond acceptors (Lipinski definition) is 4. The van der Waals surface area contributed by atoms with Gasteiger partial charge in [-0.25, -0.2) is 4.98 Å². The molecule has 3 aromatic heterocycles. The number of nitrogens with zero attached hydrogens (tertiary/aromatic N) is 4. The molecule has 11 aromatic rings. The van der Waals surface area contributed by atoms with Crippen molar-refractivity contribution in [2.75, 3.05) is 0 Å². The number of benzene rings is 8. The van der Waals surface area contributed by atoms with Crippen molar-refractivity contribution in [1.29, 1.82) is 0 Å². The molecule has 0 fully saturated rings. The molecule has 11 rings (SSSR count). The first-order valence-corrected chi connectivity index (χ1v) is 18.1. The Hall–Kier alpha value is -7.37. The second-order valence-corrected chi connectivity index (χ2v) is 13.6. The molecule has 0 unspecified atom stereocenters. The van der Waals surface area contributed by atoms with Crippen LogP contribution in [0.15, 0.2) is 186 Å². The summed E-state index contributed by atoms with van der Waals surface area (Å²) in [4.78, 5) is 15.9. The lowest BCUT2D eigenvalue weighted by atomic mass is 9.95. The molecule has 3 heterocycles. The predicted octanol–water partition coefficient (Wildman–Crippen LogP) is 12.7. The molecule has 0 saturated heterocycles. The van der Waals surface area contributed by atoms with E-state index in [0.717, 1.165) is 87.9 Å². The fraction of sp³-hybridized carbons (Fsp3) is 0. The van der Waals surface area contributed by atoms with Gasteiger partial charge in [-0.15, -0.1) is 0 Å². The van der Waals surface area contributed by atoms with E-state index < -0.39 is 0 Å². The van der Waals surface area contributed by atoms with Gasteiger partial charge in [0.05, 0.1) is 11.0 Å². The van der Waals surface area contributed by atoms with Gasteiger partial charge in [0.2, 0.25) is 5.95 Å².